The number of benzene rings is 1. The van der Waals surface area contributed by atoms with Crippen LogP contribution in [-0.2, 0) is 9.84 Å². The second kappa shape index (κ2) is 4.76. The van der Waals surface area contributed by atoms with Crippen molar-refractivity contribution in [2.24, 2.45) is 0 Å². The van der Waals surface area contributed by atoms with Gasteiger partial charge in [-0.25, -0.2) is 8.42 Å². The van der Waals surface area contributed by atoms with Crippen molar-refractivity contribution < 1.29 is 17.9 Å². The first kappa shape index (κ1) is 13.1. The summed E-state index contributed by atoms with van der Waals surface area (Å²) in [5.41, 5.74) is 0.628. The molecule has 2 rings (SSSR count). The van der Waals surface area contributed by atoms with Gasteiger partial charge in [0.2, 0.25) is 9.84 Å². The van der Waals surface area contributed by atoms with E-state index in [4.69, 9.17) is 4.74 Å². The van der Waals surface area contributed by atoms with Crippen LogP contribution in [0.3, 0.4) is 0 Å². The van der Waals surface area contributed by atoms with Crippen molar-refractivity contribution in [3.63, 3.8) is 0 Å². The number of ether oxygens (including phenoxy) is 1. The lowest BCUT2D eigenvalue weighted by Crippen LogP contribution is -2.09. The smallest absolute Gasteiger partial charge is 0.272 e. The average molecular weight is 282 g/mol. The number of aromatic nitrogens is 4. The van der Waals surface area contributed by atoms with Gasteiger partial charge in [-0.1, -0.05) is 5.10 Å². The van der Waals surface area contributed by atoms with E-state index < -0.39 is 9.84 Å². The van der Waals surface area contributed by atoms with Crippen LogP contribution < -0.4 is 4.74 Å². The number of nitrogens with zero attached hydrogens (tertiary/aromatic N) is 4. The average Bonchev–Trinajstić information content (AvgIpc) is 2.87. The van der Waals surface area contributed by atoms with Crippen LogP contribution in [-0.4, -0.2) is 48.3 Å². The van der Waals surface area contributed by atoms with Crippen LogP contribution in [0.15, 0.2) is 23.4 Å². The van der Waals surface area contributed by atoms with Crippen molar-refractivity contribution in [1.29, 1.82) is 0 Å². The third kappa shape index (κ3) is 2.45. The largest absolute Gasteiger partial charge is 0.496 e. The fraction of sp³-hybridized carbons (Fsp3) is 0.200. The molecular weight excluding hydrogens is 272 g/mol. The molecule has 0 bridgehead atoms. The summed E-state index contributed by atoms with van der Waals surface area (Å²) in [7, 11) is -2.13. The van der Waals surface area contributed by atoms with Crippen LogP contribution >= 0.6 is 0 Å². The normalized spacial score (nSPS) is 11.3. The Kier molecular flexibility index (Phi) is 3.30. The minimum Gasteiger partial charge on any atom is -0.496 e. The predicted molar refractivity (Wildman–Crippen MR) is 64.2 cm³/mol. The highest BCUT2D eigenvalue weighted by molar-refractivity contribution is 7.90. The van der Waals surface area contributed by atoms with Gasteiger partial charge < -0.3 is 4.74 Å². The van der Waals surface area contributed by atoms with Crippen molar-refractivity contribution in [2.75, 3.05) is 13.4 Å². The summed E-state index contributed by atoms with van der Waals surface area (Å²) in [5.74, 6) is 0.382. The molecule has 1 aromatic carbocycles. The summed E-state index contributed by atoms with van der Waals surface area (Å²) in [6.07, 6.45) is 1.60. The molecule has 8 nitrogen and oxygen atoms in total. The molecule has 0 radical (unpaired) electrons. The molecule has 0 aliphatic carbocycles. The van der Waals surface area contributed by atoms with E-state index in [1.54, 1.807) is 6.07 Å². The Hall–Kier alpha value is -2.29. The van der Waals surface area contributed by atoms with Crippen LogP contribution in [0.1, 0.15) is 10.4 Å². The lowest BCUT2D eigenvalue weighted by molar-refractivity contribution is 0.112. The van der Waals surface area contributed by atoms with E-state index >= 15 is 0 Å². The Bertz CT molecular complexity index is 723. The quantitative estimate of drug-likeness (QED) is 0.720. The van der Waals surface area contributed by atoms with Crippen LogP contribution in [0.5, 0.6) is 5.75 Å². The van der Waals surface area contributed by atoms with E-state index in [0.717, 1.165) is 10.9 Å². The number of carbonyl (C=O) groups excluding carboxylic acids is 1. The first-order chi connectivity index (χ1) is 8.97. The molecule has 0 aliphatic rings. The predicted octanol–water partition coefficient (Wildman–Crippen LogP) is -0.113. The number of methoxy groups -OCH3 is 1. The lowest BCUT2D eigenvalue weighted by atomic mass is 10.2. The Labute approximate surface area is 108 Å². The zero-order chi connectivity index (χ0) is 14.0. The summed E-state index contributed by atoms with van der Waals surface area (Å²) in [5, 5.41) is 10.1. The number of hydrogen-bond acceptors (Lipinski definition) is 7. The zero-order valence-electron chi connectivity index (χ0n) is 10.1. The highest BCUT2D eigenvalue weighted by Crippen LogP contribution is 2.21. The molecular formula is C10H10N4O4S. The number of hydrogen-bond donors (Lipinski definition) is 0. The van der Waals surface area contributed by atoms with Crippen molar-refractivity contribution in [2.45, 2.75) is 5.16 Å². The molecule has 100 valence electrons. The van der Waals surface area contributed by atoms with E-state index in [9.17, 15) is 13.2 Å². The maximum absolute atomic E-state index is 11.5. The van der Waals surface area contributed by atoms with Gasteiger partial charge in [0.05, 0.1) is 18.4 Å². The molecule has 0 saturated heterocycles. The first-order valence-corrected chi connectivity index (χ1v) is 6.98. The second-order valence-corrected chi connectivity index (χ2v) is 5.60. The maximum Gasteiger partial charge on any atom is 0.272 e. The zero-order valence-corrected chi connectivity index (χ0v) is 11.0. The standard InChI is InChI=1S/C10H10N4O4S/c1-18-9-4-3-8(5-7(9)6-15)14-10(11-12-13-14)19(2,16)17/h3-6H,1-2H3. The van der Waals surface area contributed by atoms with E-state index in [1.807, 2.05) is 0 Å². The molecule has 0 aliphatic heterocycles. The SMILES string of the molecule is COc1ccc(-n2nnnc2S(C)(=O)=O)cc1C=O. The number of tetrazole rings is 1. The van der Waals surface area contributed by atoms with Gasteiger partial charge >= 0.3 is 0 Å². The number of sulfone groups is 1. The molecule has 2 aromatic rings. The molecule has 1 aromatic heterocycles. The van der Waals surface area contributed by atoms with Gasteiger partial charge in [-0.15, -0.1) is 0 Å². The first-order valence-electron chi connectivity index (χ1n) is 5.09. The number of carbonyl (C=O) groups is 1. The fourth-order valence-corrected chi connectivity index (χ4v) is 2.16. The third-order valence-electron chi connectivity index (χ3n) is 2.36. The Morgan fingerprint density at radius 1 is 1.37 bits per heavy atom. The fourth-order valence-electron chi connectivity index (χ4n) is 1.52. The molecule has 0 N–H and O–H groups in total. The highest BCUT2D eigenvalue weighted by Gasteiger charge is 2.19. The van der Waals surface area contributed by atoms with Gasteiger partial charge in [0, 0.05) is 6.26 Å². The molecule has 0 spiro atoms. The van der Waals surface area contributed by atoms with Gasteiger partial charge in [0.15, 0.2) is 6.29 Å². The van der Waals surface area contributed by atoms with Gasteiger partial charge in [0.1, 0.15) is 5.75 Å². The summed E-state index contributed by atoms with van der Waals surface area (Å²) >= 11 is 0. The van der Waals surface area contributed by atoms with E-state index in [2.05, 4.69) is 15.5 Å². The summed E-state index contributed by atoms with van der Waals surface area (Å²) in [6, 6.07) is 4.53. The minimum atomic E-state index is -3.57. The van der Waals surface area contributed by atoms with Crippen LogP contribution in [0.25, 0.3) is 5.69 Å². The van der Waals surface area contributed by atoms with E-state index in [0.29, 0.717) is 17.7 Å². The third-order valence-corrected chi connectivity index (χ3v) is 3.28. The number of rotatable bonds is 4. The van der Waals surface area contributed by atoms with Crippen molar-refractivity contribution in [3.8, 4) is 11.4 Å². The molecule has 0 atom stereocenters. The lowest BCUT2D eigenvalue weighted by Gasteiger charge is -2.07. The molecule has 0 fully saturated rings. The molecule has 1 heterocycles. The Morgan fingerprint density at radius 3 is 2.68 bits per heavy atom. The van der Waals surface area contributed by atoms with Gasteiger partial charge in [-0.3, -0.25) is 4.79 Å². The number of aldehydes is 1. The summed E-state index contributed by atoms with van der Waals surface area (Å²) in [4.78, 5) is 10.9. The molecule has 9 heteroatoms. The van der Waals surface area contributed by atoms with Crippen molar-refractivity contribution >= 4 is 16.1 Å². The molecule has 0 amide bonds. The van der Waals surface area contributed by atoms with E-state index in [1.165, 1.54) is 19.2 Å². The van der Waals surface area contributed by atoms with Crippen LogP contribution in [0.2, 0.25) is 0 Å². The molecule has 0 unspecified atom stereocenters. The monoisotopic (exact) mass is 282 g/mol. The van der Waals surface area contributed by atoms with Gasteiger partial charge in [-0.2, -0.15) is 4.68 Å². The molecule has 19 heavy (non-hydrogen) atoms. The van der Waals surface area contributed by atoms with Crippen molar-refractivity contribution in [1.82, 2.24) is 20.2 Å². The molecule has 0 saturated carbocycles. The summed E-state index contributed by atoms with van der Waals surface area (Å²) in [6.45, 7) is 0. The highest BCUT2D eigenvalue weighted by atomic mass is 32.2. The topological polar surface area (TPSA) is 104 Å². The maximum atomic E-state index is 11.5. The van der Waals surface area contributed by atoms with Crippen LogP contribution in [0, 0.1) is 0 Å². The Morgan fingerprint density at radius 2 is 2.11 bits per heavy atom. The van der Waals surface area contributed by atoms with Crippen molar-refractivity contribution in [3.05, 3.63) is 23.8 Å². The van der Waals surface area contributed by atoms with E-state index in [-0.39, 0.29) is 10.7 Å². The minimum absolute atomic E-state index is 0.273. The van der Waals surface area contributed by atoms with Gasteiger partial charge in [0.25, 0.3) is 5.16 Å². The van der Waals surface area contributed by atoms with Gasteiger partial charge in [-0.05, 0) is 28.6 Å². The second-order valence-electron chi connectivity index (χ2n) is 3.69. The van der Waals surface area contributed by atoms with Crippen LogP contribution in [0.4, 0.5) is 0 Å². The summed E-state index contributed by atoms with van der Waals surface area (Å²) < 4.78 is 29.1. The Balaban J connectivity index is 2.61.